The Morgan fingerprint density at radius 1 is 1.57 bits per heavy atom. The normalized spacial score (nSPS) is 24.9. The van der Waals surface area contributed by atoms with Crippen molar-refractivity contribution < 1.29 is 14.9 Å². The average Bonchev–Trinajstić information content (AvgIpc) is 1.84. The van der Waals surface area contributed by atoms with Gasteiger partial charge in [0.1, 0.15) is 0 Å². The molecule has 0 saturated heterocycles. The van der Waals surface area contributed by atoms with Crippen LogP contribution < -0.4 is 0 Å². The van der Waals surface area contributed by atoms with E-state index in [9.17, 15) is 0 Å². The average molecular weight is 102 g/mol. The highest BCUT2D eigenvalue weighted by Crippen LogP contribution is 2.14. The van der Waals surface area contributed by atoms with E-state index in [1.807, 2.05) is 0 Å². The van der Waals surface area contributed by atoms with E-state index in [1.54, 1.807) is 6.08 Å². The standard InChI is InChI=1S/C4H6O3/c5-4(6)2-1-3-7-4/h1,3,5-6H,2H2. The van der Waals surface area contributed by atoms with Crippen LogP contribution in [0.1, 0.15) is 6.42 Å². The van der Waals surface area contributed by atoms with Gasteiger partial charge in [0.2, 0.25) is 0 Å². The topological polar surface area (TPSA) is 49.7 Å². The second kappa shape index (κ2) is 1.21. The lowest BCUT2D eigenvalue weighted by Gasteiger charge is -2.11. The lowest BCUT2D eigenvalue weighted by Crippen LogP contribution is -2.25. The van der Waals surface area contributed by atoms with Crippen LogP contribution >= 0.6 is 0 Å². The van der Waals surface area contributed by atoms with Crippen molar-refractivity contribution in [3.63, 3.8) is 0 Å². The first-order valence-corrected chi connectivity index (χ1v) is 1.98. The Morgan fingerprint density at radius 2 is 2.29 bits per heavy atom. The summed E-state index contributed by atoms with van der Waals surface area (Å²) < 4.78 is 4.27. The molecule has 1 rings (SSSR count). The predicted molar refractivity (Wildman–Crippen MR) is 22.0 cm³/mol. The molecule has 3 nitrogen and oxygen atoms in total. The largest absolute Gasteiger partial charge is 0.447 e. The summed E-state index contributed by atoms with van der Waals surface area (Å²) in [6.07, 6.45) is 2.97. The van der Waals surface area contributed by atoms with E-state index in [1.165, 1.54) is 6.26 Å². The van der Waals surface area contributed by atoms with Crippen LogP contribution in [0.2, 0.25) is 0 Å². The summed E-state index contributed by atoms with van der Waals surface area (Å²) >= 11 is 0. The van der Waals surface area contributed by atoms with Crippen molar-refractivity contribution >= 4 is 0 Å². The summed E-state index contributed by atoms with van der Waals surface area (Å²) in [5, 5.41) is 16.9. The molecule has 0 aromatic rings. The first kappa shape index (κ1) is 4.61. The van der Waals surface area contributed by atoms with Crippen LogP contribution in [0.25, 0.3) is 0 Å². The monoisotopic (exact) mass is 102 g/mol. The van der Waals surface area contributed by atoms with Gasteiger partial charge in [0.25, 0.3) is 0 Å². The van der Waals surface area contributed by atoms with E-state index in [0.29, 0.717) is 0 Å². The van der Waals surface area contributed by atoms with Crippen LogP contribution in [0.5, 0.6) is 0 Å². The molecule has 0 fully saturated rings. The first-order chi connectivity index (χ1) is 3.21. The maximum absolute atomic E-state index is 8.47. The lowest BCUT2D eigenvalue weighted by atomic mass is 10.4. The van der Waals surface area contributed by atoms with Crippen LogP contribution in [0.4, 0.5) is 0 Å². The quantitative estimate of drug-likeness (QED) is 0.407. The van der Waals surface area contributed by atoms with E-state index in [4.69, 9.17) is 10.2 Å². The molecule has 0 saturated carbocycles. The first-order valence-electron chi connectivity index (χ1n) is 1.98. The van der Waals surface area contributed by atoms with Crippen LogP contribution in [0.15, 0.2) is 12.3 Å². The predicted octanol–water partition coefficient (Wildman–Crippen LogP) is -0.441. The van der Waals surface area contributed by atoms with Gasteiger partial charge in [-0.2, -0.15) is 0 Å². The van der Waals surface area contributed by atoms with Gasteiger partial charge >= 0.3 is 5.97 Å². The molecule has 0 bridgehead atoms. The molecule has 2 N–H and O–H groups in total. The molecule has 7 heavy (non-hydrogen) atoms. The third kappa shape index (κ3) is 0.913. The van der Waals surface area contributed by atoms with Crippen LogP contribution in [0.3, 0.4) is 0 Å². The van der Waals surface area contributed by atoms with Gasteiger partial charge < -0.3 is 14.9 Å². The molecule has 3 heteroatoms. The highest BCUT2D eigenvalue weighted by atomic mass is 16.8. The molecule has 0 spiro atoms. The second-order valence-electron chi connectivity index (χ2n) is 1.44. The summed E-state index contributed by atoms with van der Waals surface area (Å²) in [4.78, 5) is 0. The molecule has 0 unspecified atom stereocenters. The molecule has 1 heterocycles. The van der Waals surface area contributed by atoms with Gasteiger partial charge in [-0.05, 0) is 6.08 Å². The Balaban J connectivity index is 2.49. The van der Waals surface area contributed by atoms with Crippen molar-refractivity contribution in [3.05, 3.63) is 12.3 Å². The third-order valence-corrected chi connectivity index (χ3v) is 0.737. The van der Waals surface area contributed by atoms with Gasteiger partial charge in [-0.15, -0.1) is 0 Å². The fourth-order valence-electron chi connectivity index (χ4n) is 0.407. The minimum Gasteiger partial charge on any atom is -0.447 e. The molecular weight excluding hydrogens is 96.0 g/mol. The van der Waals surface area contributed by atoms with Gasteiger partial charge in [-0.1, -0.05) is 0 Å². The Morgan fingerprint density at radius 3 is 2.43 bits per heavy atom. The van der Waals surface area contributed by atoms with Crippen molar-refractivity contribution in [2.45, 2.75) is 12.4 Å². The number of hydrogen-bond acceptors (Lipinski definition) is 3. The van der Waals surface area contributed by atoms with E-state index in [0.717, 1.165) is 0 Å². The smallest absolute Gasteiger partial charge is 0.325 e. The van der Waals surface area contributed by atoms with Gasteiger partial charge in [-0.3, -0.25) is 0 Å². The highest BCUT2D eigenvalue weighted by molar-refractivity contribution is 4.84. The zero-order valence-electron chi connectivity index (χ0n) is 3.66. The number of ether oxygens (including phenoxy) is 1. The molecule has 1 aliphatic rings. The number of aliphatic hydroxyl groups is 2. The molecule has 0 aromatic carbocycles. The van der Waals surface area contributed by atoms with E-state index in [-0.39, 0.29) is 6.42 Å². The van der Waals surface area contributed by atoms with Crippen LogP contribution in [-0.2, 0) is 4.74 Å². The molecule has 0 atom stereocenters. The molecule has 1 aliphatic heterocycles. The minimum absolute atomic E-state index is 0.160. The lowest BCUT2D eigenvalue weighted by molar-refractivity contribution is -0.300. The van der Waals surface area contributed by atoms with Crippen LogP contribution in [0, 0.1) is 0 Å². The Hall–Kier alpha value is -0.540. The maximum atomic E-state index is 8.47. The van der Waals surface area contributed by atoms with Crippen molar-refractivity contribution in [2.24, 2.45) is 0 Å². The van der Waals surface area contributed by atoms with E-state index >= 15 is 0 Å². The van der Waals surface area contributed by atoms with E-state index < -0.39 is 5.97 Å². The molecule has 40 valence electrons. The fraction of sp³-hybridized carbons (Fsp3) is 0.500. The summed E-state index contributed by atoms with van der Waals surface area (Å²) in [6, 6.07) is 0. The van der Waals surface area contributed by atoms with Crippen molar-refractivity contribution in [3.8, 4) is 0 Å². The summed E-state index contributed by atoms with van der Waals surface area (Å²) in [7, 11) is 0. The van der Waals surface area contributed by atoms with Gasteiger partial charge in [0, 0.05) is 0 Å². The molecule has 0 aromatic heterocycles. The summed E-state index contributed by atoms with van der Waals surface area (Å²) in [5.74, 6) is -1.92. The van der Waals surface area contributed by atoms with Gasteiger partial charge in [0.15, 0.2) is 0 Å². The van der Waals surface area contributed by atoms with E-state index in [2.05, 4.69) is 4.74 Å². The number of rotatable bonds is 0. The van der Waals surface area contributed by atoms with Crippen molar-refractivity contribution in [2.75, 3.05) is 0 Å². The summed E-state index contributed by atoms with van der Waals surface area (Å²) in [5.41, 5.74) is 0. The fourth-order valence-corrected chi connectivity index (χ4v) is 0.407. The SMILES string of the molecule is OC1(O)CC=CO1. The molecule has 0 radical (unpaired) electrons. The Labute approximate surface area is 40.8 Å². The third-order valence-electron chi connectivity index (χ3n) is 0.737. The van der Waals surface area contributed by atoms with Gasteiger partial charge in [-0.25, -0.2) is 0 Å². The molecule has 0 aliphatic carbocycles. The zero-order chi connectivity index (χ0) is 5.33. The Kier molecular flexibility index (Phi) is 0.800. The molecule has 0 amide bonds. The minimum atomic E-state index is -1.92. The highest BCUT2D eigenvalue weighted by Gasteiger charge is 2.25. The maximum Gasteiger partial charge on any atom is 0.325 e. The van der Waals surface area contributed by atoms with Crippen molar-refractivity contribution in [1.29, 1.82) is 0 Å². The van der Waals surface area contributed by atoms with Crippen molar-refractivity contribution in [1.82, 2.24) is 0 Å². The molecular formula is C4H6O3. The van der Waals surface area contributed by atoms with Gasteiger partial charge in [0.05, 0.1) is 12.7 Å². The second-order valence-corrected chi connectivity index (χ2v) is 1.44. The Bertz CT molecular complexity index is 85.1. The summed E-state index contributed by atoms with van der Waals surface area (Å²) in [6.45, 7) is 0. The number of hydrogen-bond donors (Lipinski definition) is 2. The zero-order valence-corrected chi connectivity index (χ0v) is 3.66. The van der Waals surface area contributed by atoms with Crippen LogP contribution in [-0.4, -0.2) is 16.2 Å².